The van der Waals surface area contributed by atoms with Crippen LogP contribution in [0.3, 0.4) is 0 Å². The third kappa shape index (κ3) is 6.37. The van der Waals surface area contributed by atoms with Gasteiger partial charge in [0, 0.05) is 38.4 Å². The molecule has 1 aliphatic heterocycles. The fourth-order valence-electron chi connectivity index (χ4n) is 3.28. The number of nitrogens with one attached hydrogen (secondary N) is 1. The Morgan fingerprint density at radius 1 is 1.37 bits per heavy atom. The molecule has 0 spiro atoms. The maximum absolute atomic E-state index is 13.2. The summed E-state index contributed by atoms with van der Waals surface area (Å²) in [6, 6.07) is 3.95. The third-order valence-electron chi connectivity index (χ3n) is 4.96. The Kier molecular flexibility index (Phi) is 7.98. The summed E-state index contributed by atoms with van der Waals surface area (Å²) in [7, 11) is 0. The maximum Gasteiger partial charge on any atom is 0.277 e. The Balaban J connectivity index is 1.46. The number of anilines is 1. The third-order valence-corrected chi connectivity index (χ3v) is 5.25. The van der Waals surface area contributed by atoms with E-state index in [2.05, 4.69) is 26.7 Å². The van der Waals surface area contributed by atoms with Crippen molar-refractivity contribution < 1.29 is 18.7 Å². The molecule has 2 heterocycles. The van der Waals surface area contributed by atoms with E-state index in [-0.39, 0.29) is 16.8 Å². The van der Waals surface area contributed by atoms with Crippen LogP contribution in [0.2, 0.25) is 5.02 Å². The predicted molar refractivity (Wildman–Crippen MR) is 113 cm³/mol. The van der Waals surface area contributed by atoms with Gasteiger partial charge in [0.1, 0.15) is 12.1 Å². The Morgan fingerprint density at radius 3 is 2.80 bits per heavy atom. The predicted octanol–water partition coefficient (Wildman–Crippen LogP) is 3.16. The Labute approximate surface area is 180 Å². The average molecular weight is 437 g/mol. The average Bonchev–Trinajstić information content (AvgIpc) is 3.19. The number of β-amino-alcohol motifs (C(OH)–C–C–N with tert-alkyl or cyclic N) is 1. The van der Waals surface area contributed by atoms with Gasteiger partial charge in [0.15, 0.2) is 5.69 Å². The molecular formula is C21H26ClFN4O3. The molecule has 9 heteroatoms. The van der Waals surface area contributed by atoms with Gasteiger partial charge >= 0.3 is 0 Å². The van der Waals surface area contributed by atoms with Crippen LogP contribution in [0.4, 0.5) is 10.1 Å². The van der Waals surface area contributed by atoms with Crippen molar-refractivity contribution in [1.82, 2.24) is 14.8 Å². The van der Waals surface area contributed by atoms with E-state index in [9.17, 15) is 14.3 Å². The molecule has 1 aromatic carbocycles. The molecule has 2 N–H and O–H groups in total. The van der Waals surface area contributed by atoms with Crippen molar-refractivity contribution in [3.8, 4) is 0 Å². The summed E-state index contributed by atoms with van der Waals surface area (Å²) in [4.78, 5) is 21.0. The van der Waals surface area contributed by atoms with Gasteiger partial charge in [0.25, 0.3) is 5.91 Å². The zero-order valence-electron chi connectivity index (χ0n) is 16.7. The van der Waals surface area contributed by atoms with E-state index in [0.717, 1.165) is 39.0 Å². The second-order valence-electron chi connectivity index (χ2n) is 7.31. The molecule has 3 rings (SSSR count). The number of halogens is 2. The van der Waals surface area contributed by atoms with Crippen molar-refractivity contribution in [3.63, 3.8) is 0 Å². The second kappa shape index (κ2) is 10.7. The molecule has 1 aromatic heterocycles. The molecule has 2 aromatic rings. The molecular weight excluding hydrogens is 411 g/mol. The number of oxazole rings is 1. The number of hydrogen-bond donors (Lipinski definition) is 2. The molecule has 0 radical (unpaired) electrons. The highest BCUT2D eigenvalue weighted by Crippen LogP contribution is 2.20. The molecule has 7 nitrogen and oxygen atoms in total. The minimum Gasteiger partial charge on any atom is -0.447 e. The number of aliphatic hydroxyl groups excluding tert-OH is 1. The van der Waals surface area contributed by atoms with E-state index >= 15 is 0 Å². The summed E-state index contributed by atoms with van der Waals surface area (Å²) in [6.07, 6.45) is 4.34. The van der Waals surface area contributed by atoms with Gasteiger partial charge in [0.2, 0.25) is 5.89 Å². The SMILES string of the molecule is C=CCCC(O)CN1CCN(Cc2nc(C(=O)Nc3ccc(F)c(Cl)c3)co2)CC1. The monoisotopic (exact) mass is 436 g/mol. The first-order valence-corrected chi connectivity index (χ1v) is 10.3. The van der Waals surface area contributed by atoms with Gasteiger partial charge in [-0.2, -0.15) is 0 Å². The molecule has 1 aliphatic rings. The molecule has 1 saturated heterocycles. The Morgan fingerprint density at radius 2 is 2.10 bits per heavy atom. The molecule has 0 aliphatic carbocycles. The zero-order chi connectivity index (χ0) is 21.5. The highest BCUT2D eigenvalue weighted by atomic mass is 35.5. The molecule has 0 bridgehead atoms. The highest BCUT2D eigenvalue weighted by Gasteiger charge is 2.21. The molecule has 1 amide bonds. The van der Waals surface area contributed by atoms with Crippen LogP contribution >= 0.6 is 11.6 Å². The lowest BCUT2D eigenvalue weighted by Crippen LogP contribution is -2.48. The number of carbonyl (C=O) groups excluding carboxylic acids is 1. The Hall–Kier alpha value is -2.26. The minimum atomic E-state index is -0.551. The number of piperazine rings is 1. The fourth-order valence-corrected chi connectivity index (χ4v) is 3.46. The van der Waals surface area contributed by atoms with Crippen molar-refractivity contribution in [2.24, 2.45) is 0 Å². The summed E-state index contributed by atoms with van der Waals surface area (Å²) in [5, 5.41) is 12.6. The van der Waals surface area contributed by atoms with Crippen LogP contribution in [-0.4, -0.2) is 64.6 Å². The normalized spacial score (nSPS) is 16.4. The topological polar surface area (TPSA) is 81.8 Å². The fraction of sp³-hybridized carbons (Fsp3) is 0.429. The number of benzene rings is 1. The van der Waals surface area contributed by atoms with Gasteiger partial charge in [-0.1, -0.05) is 17.7 Å². The van der Waals surface area contributed by atoms with Crippen LogP contribution in [0.1, 0.15) is 29.2 Å². The number of aliphatic hydroxyl groups is 1. The van der Waals surface area contributed by atoms with Crippen LogP contribution < -0.4 is 5.32 Å². The molecule has 1 fully saturated rings. The van der Waals surface area contributed by atoms with Gasteiger partial charge in [-0.05, 0) is 31.0 Å². The maximum atomic E-state index is 13.2. The van der Waals surface area contributed by atoms with Gasteiger partial charge in [0.05, 0.1) is 17.7 Å². The van der Waals surface area contributed by atoms with Crippen molar-refractivity contribution in [2.75, 3.05) is 38.0 Å². The Bertz CT molecular complexity index is 868. The van der Waals surface area contributed by atoms with E-state index in [0.29, 0.717) is 24.7 Å². The van der Waals surface area contributed by atoms with Crippen LogP contribution in [0.15, 0.2) is 41.5 Å². The molecule has 162 valence electrons. The van der Waals surface area contributed by atoms with Crippen molar-refractivity contribution >= 4 is 23.2 Å². The first kappa shape index (κ1) is 22.4. The van der Waals surface area contributed by atoms with Gasteiger partial charge < -0.3 is 14.8 Å². The van der Waals surface area contributed by atoms with E-state index in [1.165, 1.54) is 24.5 Å². The van der Waals surface area contributed by atoms with Crippen LogP contribution in [0.25, 0.3) is 0 Å². The molecule has 1 atom stereocenters. The number of carbonyl (C=O) groups is 1. The van der Waals surface area contributed by atoms with Gasteiger partial charge in [-0.3, -0.25) is 14.6 Å². The van der Waals surface area contributed by atoms with E-state index < -0.39 is 11.7 Å². The lowest BCUT2D eigenvalue weighted by atomic mass is 10.1. The molecule has 30 heavy (non-hydrogen) atoms. The van der Waals surface area contributed by atoms with Crippen molar-refractivity contribution in [2.45, 2.75) is 25.5 Å². The number of allylic oxidation sites excluding steroid dienone is 1. The standard InChI is InChI=1S/C21H26ClFN4O3/c1-2-3-4-16(28)12-26-7-9-27(10-8-26)13-20-25-19(14-30-20)21(29)24-15-5-6-18(23)17(22)11-15/h2,5-6,11,14,16,28H,1,3-4,7-10,12-13H2,(H,24,29). The lowest BCUT2D eigenvalue weighted by Gasteiger charge is -2.34. The van der Waals surface area contributed by atoms with Crippen molar-refractivity contribution in [3.05, 3.63) is 59.5 Å². The van der Waals surface area contributed by atoms with Gasteiger partial charge in [-0.15, -0.1) is 6.58 Å². The summed E-state index contributed by atoms with van der Waals surface area (Å²) >= 11 is 5.73. The number of rotatable bonds is 9. The summed E-state index contributed by atoms with van der Waals surface area (Å²) in [6.45, 7) is 8.20. The van der Waals surface area contributed by atoms with Crippen LogP contribution in [0, 0.1) is 5.82 Å². The smallest absolute Gasteiger partial charge is 0.277 e. The summed E-state index contributed by atoms with van der Waals surface area (Å²) < 4.78 is 18.7. The van der Waals surface area contributed by atoms with Crippen LogP contribution in [-0.2, 0) is 6.54 Å². The van der Waals surface area contributed by atoms with E-state index in [1.54, 1.807) is 0 Å². The first-order valence-electron chi connectivity index (χ1n) is 9.89. The number of aromatic nitrogens is 1. The number of amides is 1. The second-order valence-corrected chi connectivity index (χ2v) is 7.71. The quantitative estimate of drug-likeness (QED) is 0.587. The first-order chi connectivity index (χ1) is 14.4. The highest BCUT2D eigenvalue weighted by molar-refractivity contribution is 6.31. The molecule has 0 saturated carbocycles. The summed E-state index contributed by atoms with van der Waals surface area (Å²) in [5.74, 6) is -0.549. The van der Waals surface area contributed by atoms with Crippen LogP contribution in [0.5, 0.6) is 0 Å². The largest absolute Gasteiger partial charge is 0.447 e. The molecule has 1 unspecified atom stereocenters. The van der Waals surface area contributed by atoms with Gasteiger partial charge in [-0.25, -0.2) is 9.37 Å². The minimum absolute atomic E-state index is 0.0685. The van der Waals surface area contributed by atoms with Crippen molar-refractivity contribution in [1.29, 1.82) is 0 Å². The number of nitrogens with zero attached hydrogens (tertiary/aromatic N) is 3. The number of hydrogen-bond acceptors (Lipinski definition) is 6. The summed E-state index contributed by atoms with van der Waals surface area (Å²) in [5.41, 5.74) is 0.525. The zero-order valence-corrected chi connectivity index (χ0v) is 17.4. The lowest BCUT2D eigenvalue weighted by molar-refractivity contribution is 0.0642. The van der Waals surface area contributed by atoms with E-state index in [1.807, 2.05) is 6.08 Å². The van der Waals surface area contributed by atoms with E-state index in [4.69, 9.17) is 16.0 Å².